The summed E-state index contributed by atoms with van der Waals surface area (Å²) in [5, 5.41) is 0. The fraction of sp³-hybridized carbons (Fsp3) is 0.545. The van der Waals surface area contributed by atoms with Crippen LogP contribution in [0, 0.1) is 0 Å². The van der Waals surface area contributed by atoms with Crippen molar-refractivity contribution in [2.45, 2.75) is 19.8 Å². The van der Waals surface area contributed by atoms with Gasteiger partial charge in [0.1, 0.15) is 6.61 Å². The van der Waals surface area contributed by atoms with Crippen molar-refractivity contribution in [3.8, 4) is 5.88 Å². The third-order valence-electron chi connectivity index (χ3n) is 1.96. The molecule has 3 heteroatoms. The second-order valence-electron chi connectivity index (χ2n) is 3.43. The van der Waals surface area contributed by atoms with Crippen molar-refractivity contribution in [1.82, 2.24) is 4.98 Å². The molecule has 1 aromatic heterocycles. The SMILES string of the molecule is COCCOc1ccc(C(C)C)cn1. The lowest BCUT2D eigenvalue weighted by molar-refractivity contribution is 0.143. The zero-order valence-electron chi connectivity index (χ0n) is 8.99. The lowest BCUT2D eigenvalue weighted by Gasteiger charge is -2.07. The number of hydrogen-bond donors (Lipinski definition) is 0. The quantitative estimate of drug-likeness (QED) is 0.675. The molecule has 0 aliphatic carbocycles. The Balaban J connectivity index is 2.47. The Morgan fingerprint density at radius 1 is 1.29 bits per heavy atom. The van der Waals surface area contributed by atoms with Gasteiger partial charge in [0.2, 0.25) is 5.88 Å². The summed E-state index contributed by atoms with van der Waals surface area (Å²) in [6.45, 7) is 5.42. The van der Waals surface area contributed by atoms with Crippen LogP contribution in [0.2, 0.25) is 0 Å². The largest absolute Gasteiger partial charge is 0.475 e. The number of hydrogen-bond acceptors (Lipinski definition) is 3. The molecule has 0 atom stereocenters. The summed E-state index contributed by atoms with van der Waals surface area (Å²) < 4.78 is 10.2. The van der Waals surface area contributed by atoms with Crippen LogP contribution in [0.3, 0.4) is 0 Å². The lowest BCUT2D eigenvalue weighted by Crippen LogP contribution is -2.05. The third-order valence-corrected chi connectivity index (χ3v) is 1.96. The Hall–Kier alpha value is -1.09. The molecule has 0 saturated carbocycles. The maximum absolute atomic E-state index is 5.35. The lowest BCUT2D eigenvalue weighted by atomic mass is 10.1. The first-order chi connectivity index (χ1) is 6.74. The molecule has 0 spiro atoms. The summed E-state index contributed by atoms with van der Waals surface area (Å²) in [6.07, 6.45) is 1.85. The Morgan fingerprint density at radius 3 is 2.57 bits per heavy atom. The summed E-state index contributed by atoms with van der Waals surface area (Å²) >= 11 is 0. The molecule has 0 fully saturated rings. The number of nitrogens with zero attached hydrogens (tertiary/aromatic N) is 1. The molecule has 0 aromatic carbocycles. The Labute approximate surface area is 85.1 Å². The van der Waals surface area contributed by atoms with Crippen LogP contribution in [0.25, 0.3) is 0 Å². The molecule has 3 nitrogen and oxygen atoms in total. The molecule has 0 saturated heterocycles. The summed E-state index contributed by atoms with van der Waals surface area (Å²) in [4.78, 5) is 4.19. The van der Waals surface area contributed by atoms with Gasteiger partial charge in [0.15, 0.2) is 0 Å². The number of rotatable bonds is 5. The van der Waals surface area contributed by atoms with Gasteiger partial charge in [-0.05, 0) is 11.5 Å². The van der Waals surface area contributed by atoms with Crippen LogP contribution in [0.5, 0.6) is 5.88 Å². The van der Waals surface area contributed by atoms with Crippen LogP contribution in [-0.2, 0) is 4.74 Å². The van der Waals surface area contributed by atoms with Crippen molar-refractivity contribution in [2.24, 2.45) is 0 Å². The van der Waals surface area contributed by atoms with Gasteiger partial charge in [0, 0.05) is 19.4 Å². The van der Waals surface area contributed by atoms with Crippen molar-refractivity contribution in [3.05, 3.63) is 23.9 Å². The molecule has 0 unspecified atom stereocenters. The van der Waals surface area contributed by atoms with Crippen LogP contribution in [0.1, 0.15) is 25.3 Å². The Morgan fingerprint density at radius 2 is 2.07 bits per heavy atom. The second kappa shape index (κ2) is 5.60. The maximum atomic E-state index is 5.35. The second-order valence-corrected chi connectivity index (χ2v) is 3.43. The van der Waals surface area contributed by atoms with Crippen LogP contribution in [-0.4, -0.2) is 25.3 Å². The standard InChI is InChI=1S/C11H17NO2/c1-9(2)10-4-5-11(12-8-10)14-7-6-13-3/h4-5,8-9H,6-7H2,1-3H3. The zero-order valence-corrected chi connectivity index (χ0v) is 8.99. The van der Waals surface area contributed by atoms with Gasteiger partial charge in [0.05, 0.1) is 6.61 Å². The van der Waals surface area contributed by atoms with E-state index >= 15 is 0 Å². The van der Waals surface area contributed by atoms with E-state index in [2.05, 4.69) is 18.8 Å². The van der Waals surface area contributed by atoms with Crippen molar-refractivity contribution in [2.75, 3.05) is 20.3 Å². The first-order valence-corrected chi connectivity index (χ1v) is 4.81. The van der Waals surface area contributed by atoms with Crippen molar-refractivity contribution < 1.29 is 9.47 Å². The minimum absolute atomic E-state index is 0.510. The predicted octanol–water partition coefficient (Wildman–Crippen LogP) is 2.23. The van der Waals surface area contributed by atoms with Crippen LogP contribution in [0.4, 0.5) is 0 Å². The predicted molar refractivity (Wildman–Crippen MR) is 55.7 cm³/mol. The van der Waals surface area contributed by atoms with Gasteiger partial charge < -0.3 is 9.47 Å². The van der Waals surface area contributed by atoms with Gasteiger partial charge in [-0.25, -0.2) is 4.98 Å². The molecule has 1 rings (SSSR count). The van der Waals surface area contributed by atoms with Crippen LogP contribution >= 0.6 is 0 Å². The Kier molecular flexibility index (Phi) is 4.40. The average molecular weight is 195 g/mol. The highest BCUT2D eigenvalue weighted by Gasteiger charge is 2.00. The fourth-order valence-corrected chi connectivity index (χ4v) is 1.05. The van der Waals surface area contributed by atoms with E-state index in [1.165, 1.54) is 5.56 Å². The average Bonchev–Trinajstić information content (AvgIpc) is 2.19. The van der Waals surface area contributed by atoms with E-state index in [0.29, 0.717) is 25.0 Å². The minimum atomic E-state index is 0.510. The normalized spacial score (nSPS) is 10.6. The molecule has 0 amide bonds. The highest BCUT2D eigenvalue weighted by atomic mass is 16.5. The number of aromatic nitrogens is 1. The van der Waals surface area contributed by atoms with E-state index < -0.39 is 0 Å². The van der Waals surface area contributed by atoms with Crippen molar-refractivity contribution in [3.63, 3.8) is 0 Å². The van der Waals surface area contributed by atoms with Crippen molar-refractivity contribution >= 4 is 0 Å². The van der Waals surface area contributed by atoms with E-state index in [0.717, 1.165) is 0 Å². The fourth-order valence-electron chi connectivity index (χ4n) is 1.05. The molecule has 0 aliphatic rings. The molecule has 14 heavy (non-hydrogen) atoms. The van der Waals surface area contributed by atoms with Gasteiger partial charge in [-0.15, -0.1) is 0 Å². The molecule has 0 bridgehead atoms. The van der Waals surface area contributed by atoms with Gasteiger partial charge in [-0.3, -0.25) is 0 Å². The molecule has 0 aliphatic heterocycles. The highest BCUT2D eigenvalue weighted by molar-refractivity contribution is 5.20. The van der Waals surface area contributed by atoms with E-state index in [1.54, 1.807) is 7.11 Å². The van der Waals surface area contributed by atoms with E-state index in [9.17, 15) is 0 Å². The van der Waals surface area contributed by atoms with E-state index in [1.807, 2.05) is 18.3 Å². The monoisotopic (exact) mass is 195 g/mol. The van der Waals surface area contributed by atoms with Crippen molar-refractivity contribution in [1.29, 1.82) is 0 Å². The topological polar surface area (TPSA) is 31.4 Å². The maximum Gasteiger partial charge on any atom is 0.213 e. The Bertz CT molecular complexity index is 256. The van der Waals surface area contributed by atoms with Gasteiger partial charge in [-0.2, -0.15) is 0 Å². The first-order valence-electron chi connectivity index (χ1n) is 4.81. The minimum Gasteiger partial charge on any atom is -0.475 e. The highest BCUT2D eigenvalue weighted by Crippen LogP contribution is 2.15. The molecular formula is C11H17NO2. The molecule has 78 valence electrons. The third kappa shape index (κ3) is 3.34. The number of pyridine rings is 1. The number of methoxy groups -OCH3 is 1. The van der Waals surface area contributed by atoms with Gasteiger partial charge >= 0.3 is 0 Å². The molecule has 0 N–H and O–H groups in total. The first kappa shape index (κ1) is 11.0. The summed E-state index contributed by atoms with van der Waals surface area (Å²) in [6, 6.07) is 3.94. The molecule has 0 radical (unpaired) electrons. The summed E-state index contributed by atoms with van der Waals surface area (Å²) in [7, 11) is 1.65. The van der Waals surface area contributed by atoms with Gasteiger partial charge in [-0.1, -0.05) is 19.9 Å². The summed E-state index contributed by atoms with van der Waals surface area (Å²) in [5.74, 6) is 1.17. The summed E-state index contributed by atoms with van der Waals surface area (Å²) in [5.41, 5.74) is 1.23. The smallest absolute Gasteiger partial charge is 0.213 e. The van der Waals surface area contributed by atoms with Gasteiger partial charge in [0.25, 0.3) is 0 Å². The molecular weight excluding hydrogens is 178 g/mol. The zero-order chi connectivity index (χ0) is 10.4. The van der Waals surface area contributed by atoms with Crippen LogP contribution in [0.15, 0.2) is 18.3 Å². The van der Waals surface area contributed by atoms with Crippen LogP contribution < -0.4 is 4.74 Å². The molecule has 1 heterocycles. The number of ether oxygens (including phenoxy) is 2. The molecule has 1 aromatic rings. The van der Waals surface area contributed by atoms with E-state index in [4.69, 9.17) is 9.47 Å². The van der Waals surface area contributed by atoms with E-state index in [-0.39, 0.29) is 0 Å².